The standard InChI is InChI=1S/C14H12BrCl2N/c1-9-2-4-11(18-8-9)7-14(17)10-3-5-13(16)12(15)6-10/h2-6,8,14H,7H2,1H3. The Balaban J connectivity index is 2.13. The van der Waals surface area contributed by atoms with E-state index in [9.17, 15) is 0 Å². The van der Waals surface area contributed by atoms with E-state index in [2.05, 4.69) is 20.9 Å². The molecular weight excluding hydrogens is 333 g/mol. The van der Waals surface area contributed by atoms with E-state index < -0.39 is 0 Å². The van der Waals surface area contributed by atoms with Gasteiger partial charge in [-0.1, -0.05) is 23.7 Å². The Morgan fingerprint density at radius 3 is 2.67 bits per heavy atom. The number of nitrogens with zero attached hydrogens (tertiary/aromatic N) is 1. The predicted molar refractivity (Wildman–Crippen MR) is 80.4 cm³/mol. The van der Waals surface area contributed by atoms with Gasteiger partial charge < -0.3 is 0 Å². The van der Waals surface area contributed by atoms with Crippen LogP contribution in [-0.4, -0.2) is 4.98 Å². The summed E-state index contributed by atoms with van der Waals surface area (Å²) in [5.74, 6) is 0. The molecule has 0 aliphatic heterocycles. The number of alkyl halides is 1. The molecule has 18 heavy (non-hydrogen) atoms. The molecule has 94 valence electrons. The van der Waals surface area contributed by atoms with Gasteiger partial charge in [-0.05, 0) is 52.2 Å². The fraction of sp³-hybridized carbons (Fsp3) is 0.214. The molecule has 0 fully saturated rings. The van der Waals surface area contributed by atoms with Crippen LogP contribution in [0, 0.1) is 6.92 Å². The van der Waals surface area contributed by atoms with Crippen LogP contribution in [0.2, 0.25) is 5.02 Å². The molecule has 0 saturated heterocycles. The SMILES string of the molecule is Cc1ccc(CC(Cl)c2ccc(Cl)c(Br)c2)nc1. The lowest BCUT2D eigenvalue weighted by molar-refractivity contribution is 0.878. The molecule has 0 amide bonds. The normalized spacial score (nSPS) is 12.4. The molecule has 1 heterocycles. The van der Waals surface area contributed by atoms with E-state index in [1.807, 2.05) is 43.5 Å². The van der Waals surface area contributed by atoms with Crippen LogP contribution in [0.5, 0.6) is 0 Å². The molecule has 2 rings (SSSR count). The van der Waals surface area contributed by atoms with E-state index in [-0.39, 0.29) is 5.38 Å². The summed E-state index contributed by atoms with van der Waals surface area (Å²) in [7, 11) is 0. The van der Waals surface area contributed by atoms with Crippen molar-refractivity contribution in [3.05, 3.63) is 62.8 Å². The van der Waals surface area contributed by atoms with Gasteiger partial charge in [-0.25, -0.2) is 0 Å². The molecule has 0 spiro atoms. The molecular formula is C14H12BrCl2N. The Labute approximate surface area is 125 Å². The highest BCUT2D eigenvalue weighted by atomic mass is 79.9. The number of pyridine rings is 1. The maximum atomic E-state index is 6.40. The highest BCUT2D eigenvalue weighted by molar-refractivity contribution is 9.10. The fourth-order valence-corrected chi connectivity index (χ4v) is 2.44. The molecule has 1 nitrogen and oxygen atoms in total. The number of rotatable bonds is 3. The second-order valence-electron chi connectivity index (χ2n) is 4.17. The van der Waals surface area contributed by atoms with Crippen LogP contribution < -0.4 is 0 Å². The van der Waals surface area contributed by atoms with Gasteiger partial charge in [-0.3, -0.25) is 4.98 Å². The van der Waals surface area contributed by atoms with Gasteiger partial charge in [0, 0.05) is 22.8 Å². The summed E-state index contributed by atoms with van der Waals surface area (Å²) in [6, 6.07) is 9.80. The van der Waals surface area contributed by atoms with Gasteiger partial charge in [-0.2, -0.15) is 0 Å². The molecule has 1 aromatic heterocycles. The second-order valence-corrected chi connectivity index (χ2v) is 5.96. The van der Waals surface area contributed by atoms with Crippen molar-refractivity contribution in [1.29, 1.82) is 0 Å². The summed E-state index contributed by atoms with van der Waals surface area (Å²) in [4.78, 5) is 4.36. The van der Waals surface area contributed by atoms with Gasteiger partial charge in [0.05, 0.1) is 10.4 Å². The Kier molecular flexibility index (Phi) is 4.66. The third kappa shape index (κ3) is 3.47. The molecule has 0 N–H and O–H groups in total. The van der Waals surface area contributed by atoms with Crippen molar-refractivity contribution in [3.63, 3.8) is 0 Å². The number of hydrogen-bond donors (Lipinski definition) is 0. The van der Waals surface area contributed by atoms with E-state index in [0.29, 0.717) is 11.4 Å². The van der Waals surface area contributed by atoms with Gasteiger partial charge >= 0.3 is 0 Å². The summed E-state index contributed by atoms with van der Waals surface area (Å²) in [6.07, 6.45) is 2.56. The maximum Gasteiger partial charge on any atom is 0.0641 e. The van der Waals surface area contributed by atoms with Gasteiger partial charge in [0.15, 0.2) is 0 Å². The second kappa shape index (κ2) is 6.05. The van der Waals surface area contributed by atoms with E-state index in [1.165, 1.54) is 0 Å². The maximum absolute atomic E-state index is 6.40. The lowest BCUT2D eigenvalue weighted by Crippen LogP contribution is -1.98. The van der Waals surface area contributed by atoms with Gasteiger partial charge in [0.25, 0.3) is 0 Å². The first kappa shape index (κ1) is 13.9. The van der Waals surface area contributed by atoms with Crippen molar-refractivity contribution in [2.75, 3.05) is 0 Å². The smallest absolute Gasteiger partial charge is 0.0641 e. The van der Waals surface area contributed by atoms with Gasteiger partial charge in [-0.15, -0.1) is 11.6 Å². The highest BCUT2D eigenvalue weighted by Crippen LogP contribution is 2.30. The van der Waals surface area contributed by atoms with Crippen molar-refractivity contribution in [2.45, 2.75) is 18.7 Å². The van der Waals surface area contributed by atoms with E-state index in [0.717, 1.165) is 21.3 Å². The number of hydrogen-bond acceptors (Lipinski definition) is 1. The van der Waals surface area contributed by atoms with Crippen molar-refractivity contribution < 1.29 is 0 Å². The van der Waals surface area contributed by atoms with Crippen molar-refractivity contribution in [1.82, 2.24) is 4.98 Å². The largest absolute Gasteiger partial charge is 0.261 e. The van der Waals surface area contributed by atoms with Crippen LogP contribution in [0.15, 0.2) is 41.0 Å². The van der Waals surface area contributed by atoms with Crippen molar-refractivity contribution in [2.24, 2.45) is 0 Å². The first-order valence-corrected chi connectivity index (χ1v) is 7.17. The first-order valence-electron chi connectivity index (χ1n) is 5.57. The monoisotopic (exact) mass is 343 g/mol. The van der Waals surface area contributed by atoms with E-state index in [4.69, 9.17) is 23.2 Å². The van der Waals surface area contributed by atoms with E-state index in [1.54, 1.807) is 0 Å². The zero-order valence-electron chi connectivity index (χ0n) is 9.83. The fourth-order valence-electron chi connectivity index (χ4n) is 1.63. The molecule has 1 atom stereocenters. The van der Waals surface area contributed by atoms with Crippen LogP contribution in [0.3, 0.4) is 0 Å². The number of aromatic nitrogens is 1. The first-order chi connectivity index (χ1) is 8.56. The molecule has 1 unspecified atom stereocenters. The Bertz CT molecular complexity index is 540. The van der Waals surface area contributed by atoms with Crippen molar-refractivity contribution >= 4 is 39.1 Å². The highest BCUT2D eigenvalue weighted by Gasteiger charge is 2.11. The number of benzene rings is 1. The zero-order valence-corrected chi connectivity index (χ0v) is 12.9. The third-order valence-corrected chi connectivity index (χ3v) is 4.29. The minimum atomic E-state index is -0.103. The summed E-state index contributed by atoms with van der Waals surface area (Å²) in [5, 5.41) is 0.588. The molecule has 0 bridgehead atoms. The summed E-state index contributed by atoms with van der Waals surface area (Å²) >= 11 is 15.8. The van der Waals surface area contributed by atoms with E-state index >= 15 is 0 Å². The zero-order chi connectivity index (χ0) is 13.1. The number of aryl methyl sites for hydroxylation is 1. The van der Waals surface area contributed by atoms with Crippen LogP contribution in [0.4, 0.5) is 0 Å². The predicted octanol–water partition coefficient (Wildman–Crippen LogP) is 5.33. The Hall–Kier alpha value is -0.570. The molecule has 0 aliphatic rings. The topological polar surface area (TPSA) is 12.9 Å². The van der Waals surface area contributed by atoms with Crippen LogP contribution in [0.1, 0.15) is 22.2 Å². The van der Waals surface area contributed by atoms with Crippen LogP contribution in [-0.2, 0) is 6.42 Å². The Morgan fingerprint density at radius 1 is 1.28 bits per heavy atom. The molecule has 0 radical (unpaired) electrons. The van der Waals surface area contributed by atoms with Crippen LogP contribution >= 0.6 is 39.1 Å². The lowest BCUT2D eigenvalue weighted by Gasteiger charge is -2.10. The van der Waals surface area contributed by atoms with Crippen LogP contribution in [0.25, 0.3) is 0 Å². The molecule has 4 heteroatoms. The van der Waals surface area contributed by atoms with Crippen molar-refractivity contribution in [3.8, 4) is 0 Å². The third-order valence-electron chi connectivity index (χ3n) is 2.67. The molecule has 0 saturated carbocycles. The number of halogens is 3. The van der Waals surface area contributed by atoms with Gasteiger partial charge in [0.1, 0.15) is 0 Å². The summed E-state index contributed by atoms with van der Waals surface area (Å²) < 4.78 is 0.865. The average molecular weight is 345 g/mol. The molecule has 2 aromatic rings. The minimum Gasteiger partial charge on any atom is -0.261 e. The summed E-state index contributed by atoms with van der Waals surface area (Å²) in [6.45, 7) is 2.02. The Morgan fingerprint density at radius 2 is 2.06 bits per heavy atom. The van der Waals surface area contributed by atoms with Gasteiger partial charge in [0.2, 0.25) is 0 Å². The minimum absolute atomic E-state index is 0.103. The summed E-state index contributed by atoms with van der Waals surface area (Å²) in [5.41, 5.74) is 3.18. The average Bonchev–Trinajstić information content (AvgIpc) is 2.35. The quantitative estimate of drug-likeness (QED) is 0.686. The lowest BCUT2D eigenvalue weighted by atomic mass is 10.1. The molecule has 0 aliphatic carbocycles. The molecule has 1 aromatic carbocycles.